The SMILES string of the molecule is C=C1/C=C\C=C/C2(C#N)CC(C)(C(=O)Nc3nc(Cc4ccc(C(=O)O)cc4)cs3)C1c1ccccc12. The molecule has 3 atom stereocenters. The van der Waals surface area contributed by atoms with E-state index in [4.69, 9.17) is 5.11 Å². The van der Waals surface area contributed by atoms with Crippen LogP contribution < -0.4 is 5.32 Å². The molecule has 2 aliphatic rings. The lowest BCUT2D eigenvalue weighted by molar-refractivity contribution is -0.126. The molecule has 6 nitrogen and oxygen atoms in total. The van der Waals surface area contributed by atoms with Crippen LogP contribution in [0.15, 0.2) is 90.4 Å². The highest BCUT2D eigenvalue weighted by molar-refractivity contribution is 7.13. The third-order valence-electron chi connectivity index (χ3n) is 7.29. The van der Waals surface area contributed by atoms with E-state index in [1.54, 1.807) is 24.3 Å². The monoisotopic (exact) mass is 507 g/mol. The molecule has 37 heavy (non-hydrogen) atoms. The molecule has 2 aromatic carbocycles. The quantitative estimate of drug-likeness (QED) is 0.440. The number of aromatic nitrogens is 1. The largest absolute Gasteiger partial charge is 0.478 e. The number of fused-ring (bicyclic) bond motifs is 6. The van der Waals surface area contributed by atoms with Crippen molar-refractivity contribution >= 4 is 28.3 Å². The van der Waals surface area contributed by atoms with Gasteiger partial charge in [0.25, 0.3) is 0 Å². The number of allylic oxidation sites excluding steroid dienone is 5. The van der Waals surface area contributed by atoms with Gasteiger partial charge in [0.05, 0.1) is 22.7 Å². The smallest absolute Gasteiger partial charge is 0.335 e. The number of nitrogens with zero attached hydrogens (tertiary/aromatic N) is 2. The standard InChI is InChI=1S/C30H25N3O3S/c1-19-7-5-6-14-30(18-31)17-29(2,25(19)23-8-3-4-9-24(23)30)27(36)33-28-32-22(16-37-28)15-20-10-12-21(13-11-20)26(34)35/h3-14,16,25H,1,15,17H2,2H3,(H,34,35)(H,32,33,36)/b7-5-,14-6-. The minimum absolute atomic E-state index is 0.205. The van der Waals surface area contributed by atoms with E-state index in [9.17, 15) is 14.9 Å². The molecule has 0 saturated carbocycles. The Hall–Kier alpha value is -4.28. The van der Waals surface area contributed by atoms with Gasteiger partial charge >= 0.3 is 5.97 Å². The van der Waals surface area contributed by atoms with Gasteiger partial charge in [-0.25, -0.2) is 9.78 Å². The van der Waals surface area contributed by atoms with Gasteiger partial charge in [0, 0.05) is 17.7 Å². The Balaban J connectivity index is 1.44. The average molecular weight is 508 g/mol. The van der Waals surface area contributed by atoms with Crippen LogP contribution >= 0.6 is 11.3 Å². The molecule has 3 aromatic rings. The van der Waals surface area contributed by atoms with Crippen molar-refractivity contribution in [1.82, 2.24) is 4.98 Å². The maximum atomic E-state index is 13.9. The number of carboxylic acids is 1. The van der Waals surface area contributed by atoms with E-state index in [1.807, 2.05) is 60.9 Å². The predicted octanol–water partition coefficient (Wildman–Crippen LogP) is 6.01. The molecule has 2 bridgehead atoms. The van der Waals surface area contributed by atoms with Gasteiger partial charge in [0.1, 0.15) is 5.41 Å². The molecule has 1 amide bonds. The summed E-state index contributed by atoms with van der Waals surface area (Å²) in [5.41, 5.74) is 2.72. The lowest BCUT2D eigenvalue weighted by Crippen LogP contribution is -2.48. The third-order valence-corrected chi connectivity index (χ3v) is 8.09. The number of carbonyl (C=O) groups excluding carboxylic acids is 1. The van der Waals surface area contributed by atoms with Gasteiger partial charge in [-0.15, -0.1) is 11.3 Å². The number of aromatic carboxylic acids is 1. The van der Waals surface area contributed by atoms with Crippen molar-refractivity contribution in [2.75, 3.05) is 5.32 Å². The van der Waals surface area contributed by atoms with Crippen molar-refractivity contribution in [3.8, 4) is 6.07 Å². The fraction of sp³-hybridized carbons (Fsp3) is 0.200. The Morgan fingerprint density at radius 2 is 1.97 bits per heavy atom. The number of nitrogens with one attached hydrogen (secondary N) is 1. The van der Waals surface area contributed by atoms with E-state index in [2.05, 4.69) is 22.9 Å². The average Bonchev–Trinajstić information content (AvgIpc) is 3.35. The van der Waals surface area contributed by atoms with E-state index in [-0.39, 0.29) is 17.4 Å². The van der Waals surface area contributed by atoms with Crippen LogP contribution in [0.3, 0.4) is 0 Å². The van der Waals surface area contributed by atoms with Crippen molar-refractivity contribution in [3.63, 3.8) is 0 Å². The summed E-state index contributed by atoms with van der Waals surface area (Å²) in [6.07, 6.45) is 8.39. The van der Waals surface area contributed by atoms with Crippen LogP contribution in [0.25, 0.3) is 0 Å². The lowest BCUT2D eigenvalue weighted by Gasteiger charge is -2.47. The molecule has 0 saturated heterocycles. The molecule has 0 fully saturated rings. The number of thiazole rings is 1. The Morgan fingerprint density at radius 1 is 1.22 bits per heavy atom. The van der Waals surface area contributed by atoms with E-state index in [1.165, 1.54) is 11.3 Å². The molecule has 1 aromatic heterocycles. The number of carbonyl (C=O) groups is 2. The molecule has 7 heteroatoms. The van der Waals surface area contributed by atoms with Gasteiger partial charge in [-0.1, -0.05) is 67.3 Å². The second kappa shape index (κ2) is 9.30. The maximum absolute atomic E-state index is 13.9. The number of hydrogen-bond donors (Lipinski definition) is 2. The van der Waals surface area contributed by atoms with E-state index >= 15 is 0 Å². The molecule has 184 valence electrons. The van der Waals surface area contributed by atoms with E-state index in [0.717, 1.165) is 28.0 Å². The van der Waals surface area contributed by atoms with Crippen LogP contribution in [0, 0.1) is 16.7 Å². The molecule has 2 N–H and O–H groups in total. The van der Waals surface area contributed by atoms with Crippen molar-refractivity contribution < 1.29 is 14.7 Å². The van der Waals surface area contributed by atoms with Crippen LogP contribution in [-0.2, 0) is 16.6 Å². The maximum Gasteiger partial charge on any atom is 0.335 e. The number of hydrogen-bond acceptors (Lipinski definition) is 5. The minimum Gasteiger partial charge on any atom is -0.478 e. The molecule has 3 unspecified atom stereocenters. The zero-order chi connectivity index (χ0) is 26.2. The zero-order valence-electron chi connectivity index (χ0n) is 20.3. The fourth-order valence-electron chi connectivity index (χ4n) is 5.54. The van der Waals surface area contributed by atoms with Crippen LogP contribution in [-0.4, -0.2) is 22.0 Å². The van der Waals surface area contributed by atoms with Gasteiger partial charge in [0.15, 0.2) is 5.13 Å². The van der Waals surface area contributed by atoms with Gasteiger partial charge < -0.3 is 10.4 Å². The van der Waals surface area contributed by atoms with Crippen molar-refractivity contribution in [2.45, 2.75) is 31.1 Å². The number of amides is 1. The van der Waals surface area contributed by atoms with Crippen LogP contribution in [0.5, 0.6) is 0 Å². The summed E-state index contributed by atoms with van der Waals surface area (Å²) in [7, 11) is 0. The first kappa shape index (κ1) is 24.4. The van der Waals surface area contributed by atoms with E-state index < -0.39 is 16.8 Å². The van der Waals surface area contributed by atoms with Crippen molar-refractivity contribution in [1.29, 1.82) is 5.26 Å². The third kappa shape index (κ3) is 4.30. The molecule has 0 spiro atoms. The first-order valence-electron chi connectivity index (χ1n) is 11.9. The summed E-state index contributed by atoms with van der Waals surface area (Å²) >= 11 is 1.34. The highest BCUT2D eigenvalue weighted by Crippen LogP contribution is 2.56. The molecular formula is C30H25N3O3S. The number of carboxylic acid groups (broad SMARTS) is 1. The molecule has 0 radical (unpaired) electrons. The fourth-order valence-corrected chi connectivity index (χ4v) is 6.24. The summed E-state index contributed by atoms with van der Waals surface area (Å²) in [4.78, 5) is 29.6. The zero-order valence-corrected chi connectivity index (χ0v) is 21.1. The Morgan fingerprint density at radius 3 is 2.70 bits per heavy atom. The summed E-state index contributed by atoms with van der Waals surface area (Å²) < 4.78 is 0. The molecule has 5 rings (SSSR count). The Bertz CT molecular complexity index is 1510. The predicted molar refractivity (Wildman–Crippen MR) is 144 cm³/mol. The number of nitriles is 1. The van der Waals surface area contributed by atoms with Gasteiger partial charge in [-0.05, 0) is 47.7 Å². The minimum atomic E-state index is -0.966. The topological polar surface area (TPSA) is 103 Å². The Labute approximate surface area is 219 Å². The number of benzene rings is 2. The summed E-state index contributed by atoms with van der Waals surface area (Å²) in [5, 5.41) is 24.8. The first-order valence-corrected chi connectivity index (χ1v) is 12.8. The Kier molecular flexibility index (Phi) is 6.14. The molecule has 2 aliphatic carbocycles. The van der Waals surface area contributed by atoms with Crippen LogP contribution in [0.4, 0.5) is 5.13 Å². The van der Waals surface area contributed by atoms with Gasteiger partial charge in [-0.3, -0.25) is 4.79 Å². The van der Waals surface area contributed by atoms with Gasteiger partial charge in [0.2, 0.25) is 5.91 Å². The lowest BCUT2D eigenvalue weighted by atomic mass is 9.54. The normalized spacial score (nSPS) is 25.6. The van der Waals surface area contributed by atoms with Crippen LogP contribution in [0.1, 0.15) is 52.0 Å². The number of anilines is 1. The van der Waals surface area contributed by atoms with Gasteiger partial charge in [-0.2, -0.15) is 5.26 Å². The molecule has 1 heterocycles. The second-order valence-corrected chi connectivity index (χ2v) is 10.6. The molecule has 0 aliphatic heterocycles. The molecular weight excluding hydrogens is 482 g/mol. The highest BCUT2D eigenvalue weighted by atomic mass is 32.1. The van der Waals surface area contributed by atoms with Crippen molar-refractivity contribution in [2.24, 2.45) is 5.41 Å². The van der Waals surface area contributed by atoms with E-state index in [0.29, 0.717) is 18.0 Å². The summed E-state index contributed by atoms with van der Waals surface area (Å²) in [5.74, 6) is -1.47. The second-order valence-electron chi connectivity index (χ2n) is 9.77. The highest BCUT2D eigenvalue weighted by Gasteiger charge is 2.54. The van der Waals surface area contributed by atoms with Crippen molar-refractivity contribution in [3.05, 3.63) is 118 Å². The first-order chi connectivity index (χ1) is 17.8. The summed E-state index contributed by atoms with van der Waals surface area (Å²) in [6, 6.07) is 17.0. The number of rotatable bonds is 5. The summed E-state index contributed by atoms with van der Waals surface area (Å²) in [6.45, 7) is 6.21. The van der Waals surface area contributed by atoms with Crippen LogP contribution in [0.2, 0.25) is 0 Å².